The first-order valence-corrected chi connectivity index (χ1v) is 10.6. The largest absolute Gasteiger partial charge is 0.471 e. The Morgan fingerprint density at radius 2 is 1.88 bits per heavy atom. The van der Waals surface area contributed by atoms with E-state index in [0.717, 1.165) is 11.3 Å². The SMILES string of the molecule is CC(C)(C)c1ccc(OCn2ccc(C(=O)Nc3cnn(Cc4cccc(F)c4)c3)n2)cc1. The maximum atomic E-state index is 13.3. The van der Waals surface area contributed by atoms with Crippen LogP contribution >= 0.6 is 0 Å². The minimum atomic E-state index is -0.353. The molecule has 0 aliphatic carbocycles. The van der Waals surface area contributed by atoms with Gasteiger partial charge in [-0.15, -0.1) is 0 Å². The van der Waals surface area contributed by atoms with Crippen LogP contribution in [0.4, 0.5) is 10.1 Å². The molecule has 0 saturated carbocycles. The van der Waals surface area contributed by atoms with Gasteiger partial charge in [-0.05, 0) is 46.9 Å². The van der Waals surface area contributed by atoms with Crippen molar-refractivity contribution in [3.05, 3.63) is 95.8 Å². The van der Waals surface area contributed by atoms with Gasteiger partial charge in [-0.2, -0.15) is 10.2 Å². The Labute approximate surface area is 191 Å². The molecular weight excluding hydrogens is 421 g/mol. The quantitative estimate of drug-likeness (QED) is 0.439. The van der Waals surface area contributed by atoms with Crippen LogP contribution in [-0.2, 0) is 18.7 Å². The molecule has 0 aliphatic heterocycles. The molecule has 0 bridgehead atoms. The number of amides is 1. The molecule has 2 aromatic heterocycles. The number of carbonyl (C=O) groups excluding carboxylic acids is 1. The number of ether oxygens (including phenoxy) is 1. The predicted octanol–water partition coefficient (Wildman–Crippen LogP) is 4.85. The topological polar surface area (TPSA) is 74.0 Å². The van der Waals surface area contributed by atoms with Crippen LogP contribution in [0.15, 0.2) is 73.2 Å². The van der Waals surface area contributed by atoms with E-state index < -0.39 is 0 Å². The van der Waals surface area contributed by atoms with E-state index in [-0.39, 0.29) is 29.6 Å². The number of rotatable bonds is 7. The van der Waals surface area contributed by atoms with Crippen molar-refractivity contribution in [1.29, 1.82) is 0 Å². The second-order valence-electron chi connectivity index (χ2n) is 8.80. The fraction of sp³-hybridized carbons (Fsp3) is 0.240. The van der Waals surface area contributed by atoms with Crippen LogP contribution < -0.4 is 10.1 Å². The van der Waals surface area contributed by atoms with E-state index in [4.69, 9.17) is 4.74 Å². The van der Waals surface area contributed by atoms with Crippen LogP contribution in [0, 0.1) is 5.82 Å². The molecule has 1 N–H and O–H groups in total. The molecule has 33 heavy (non-hydrogen) atoms. The molecule has 8 heteroatoms. The van der Waals surface area contributed by atoms with Crippen LogP contribution in [0.1, 0.15) is 42.4 Å². The van der Waals surface area contributed by atoms with Crippen molar-refractivity contribution in [2.45, 2.75) is 39.5 Å². The van der Waals surface area contributed by atoms with Gasteiger partial charge in [0.2, 0.25) is 0 Å². The van der Waals surface area contributed by atoms with E-state index in [1.165, 1.54) is 17.7 Å². The van der Waals surface area contributed by atoms with Crippen molar-refractivity contribution in [2.75, 3.05) is 5.32 Å². The first-order chi connectivity index (χ1) is 15.8. The molecule has 2 heterocycles. The Morgan fingerprint density at radius 1 is 1.09 bits per heavy atom. The summed E-state index contributed by atoms with van der Waals surface area (Å²) in [5.41, 5.74) is 2.88. The van der Waals surface area contributed by atoms with Crippen LogP contribution in [0.3, 0.4) is 0 Å². The van der Waals surface area contributed by atoms with Gasteiger partial charge in [-0.25, -0.2) is 9.07 Å². The molecule has 170 valence electrons. The highest BCUT2D eigenvalue weighted by Crippen LogP contribution is 2.24. The second kappa shape index (κ2) is 9.28. The molecule has 1 amide bonds. The summed E-state index contributed by atoms with van der Waals surface area (Å²) in [6.45, 7) is 7.07. The van der Waals surface area contributed by atoms with Crippen molar-refractivity contribution in [3.63, 3.8) is 0 Å². The molecule has 4 rings (SSSR count). The molecule has 2 aromatic carbocycles. The maximum absolute atomic E-state index is 13.3. The number of nitrogens with one attached hydrogen (secondary N) is 1. The lowest BCUT2D eigenvalue weighted by Gasteiger charge is -2.19. The van der Waals surface area contributed by atoms with Crippen LogP contribution in [0.5, 0.6) is 5.75 Å². The van der Waals surface area contributed by atoms with Gasteiger partial charge in [-0.3, -0.25) is 9.48 Å². The van der Waals surface area contributed by atoms with Crippen molar-refractivity contribution >= 4 is 11.6 Å². The summed E-state index contributed by atoms with van der Waals surface area (Å²) in [6.07, 6.45) is 4.91. The fourth-order valence-electron chi connectivity index (χ4n) is 3.28. The zero-order valence-corrected chi connectivity index (χ0v) is 18.8. The lowest BCUT2D eigenvalue weighted by Crippen LogP contribution is -2.14. The number of halogens is 1. The second-order valence-corrected chi connectivity index (χ2v) is 8.80. The number of aromatic nitrogens is 4. The smallest absolute Gasteiger partial charge is 0.276 e. The van der Waals surface area contributed by atoms with Gasteiger partial charge in [0.15, 0.2) is 12.4 Å². The third-order valence-electron chi connectivity index (χ3n) is 5.08. The summed E-state index contributed by atoms with van der Waals surface area (Å²) in [4.78, 5) is 12.5. The highest BCUT2D eigenvalue weighted by Gasteiger charge is 2.14. The number of hydrogen-bond donors (Lipinski definition) is 1. The summed E-state index contributed by atoms with van der Waals surface area (Å²) >= 11 is 0. The van der Waals surface area contributed by atoms with Crippen molar-refractivity contribution < 1.29 is 13.9 Å². The standard InChI is InChI=1S/C25H26FN5O2/c1-25(2,3)19-7-9-22(10-8-19)33-17-30-12-11-23(29-30)24(32)28-21-14-27-31(16-21)15-18-5-4-6-20(26)13-18/h4-14,16H,15,17H2,1-3H3,(H,28,32). The highest BCUT2D eigenvalue weighted by atomic mass is 19.1. The minimum absolute atomic E-state index is 0.0821. The number of hydrogen-bond acceptors (Lipinski definition) is 4. The molecule has 4 aromatic rings. The van der Waals surface area contributed by atoms with Crippen LogP contribution in [0.2, 0.25) is 0 Å². The lowest BCUT2D eigenvalue weighted by molar-refractivity contribution is 0.102. The summed E-state index contributed by atoms with van der Waals surface area (Å²) in [5.74, 6) is 0.0819. The summed E-state index contributed by atoms with van der Waals surface area (Å²) in [5, 5.41) is 11.3. The molecule has 0 radical (unpaired) electrons. The molecule has 7 nitrogen and oxygen atoms in total. The van der Waals surface area contributed by atoms with Crippen molar-refractivity contribution in [3.8, 4) is 5.75 Å². The third-order valence-corrected chi connectivity index (χ3v) is 5.08. The molecular formula is C25H26FN5O2. The van der Waals surface area contributed by atoms with Crippen molar-refractivity contribution in [1.82, 2.24) is 19.6 Å². The summed E-state index contributed by atoms with van der Waals surface area (Å²) in [6, 6.07) is 15.9. The van der Waals surface area contributed by atoms with E-state index in [1.807, 2.05) is 30.3 Å². The number of nitrogens with zero attached hydrogens (tertiary/aromatic N) is 4. The number of carbonyl (C=O) groups is 1. The van der Waals surface area contributed by atoms with Gasteiger partial charge in [-0.1, -0.05) is 45.0 Å². The van der Waals surface area contributed by atoms with Gasteiger partial charge in [0, 0.05) is 12.4 Å². The zero-order chi connectivity index (χ0) is 23.4. The lowest BCUT2D eigenvalue weighted by atomic mass is 9.87. The average molecular weight is 448 g/mol. The van der Waals surface area contributed by atoms with Gasteiger partial charge >= 0.3 is 0 Å². The van der Waals surface area contributed by atoms with Crippen LogP contribution in [0.25, 0.3) is 0 Å². The Balaban J connectivity index is 1.31. The van der Waals surface area contributed by atoms with Gasteiger partial charge < -0.3 is 10.1 Å². The molecule has 0 atom stereocenters. The van der Waals surface area contributed by atoms with E-state index in [0.29, 0.717) is 12.2 Å². The Kier molecular flexibility index (Phi) is 6.26. The van der Waals surface area contributed by atoms with E-state index in [2.05, 4.69) is 36.3 Å². The first-order valence-electron chi connectivity index (χ1n) is 10.6. The molecule has 0 aliphatic rings. The molecule has 0 saturated heterocycles. The Hall–Kier alpha value is -3.94. The molecule has 0 fully saturated rings. The zero-order valence-electron chi connectivity index (χ0n) is 18.8. The van der Waals surface area contributed by atoms with E-state index in [1.54, 1.807) is 40.1 Å². The monoisotopic (exact) mass is 447 g/mol. The fourth-order valence-corrected chi connectivity index (χ4v) is 3.28. The van der Waals surface area contributed by atoms with E-state index in [9.17, 15) is 9.18 Å². The maximum Gasteiger partial charge on any atom is 0.276 e. The summed E-state index contributed by atoms with van der Waals surface area (Å²) < 4.78 is 22.3. The normalized spacial score (nSPS) is 11.4. The van der Waals surface area contributed by atoms with Crippen molar-refractivity contribution in [2.24, 2.45) is 0 Å². The molecule has 0 unspecified atom stereocenters. The van der Waals surface area contributed by atoms with Gasteiger partial charge in [0.1, 0.15) is 11.6 Å². The van der Waals surface area contributed by atoms with Gasteiger partial charge in [0.05, 0.1) is 18.4 Å². The van der Waals surface area contributed by atoms with E-state index >= 15 is 0 Å². The minimum Gasteiger partial charge on any atom is -0.471 e. The van der Waals surface area contributed by atoms with Gasteiger partial charge in [0.25, 0.3) is 5.91 Å². The number of benzene rings is 2. The van der Waals surface area contributed by atoms with Crippen LogP contribution in [-0.4, -0.2) is 25.5 Å². The molecule has 0 spiro atoms. The predicted molar refractivity (Wildman–Crippen MR) is 124 cm³/mol. The highest BCUT2D eigenvalue weighted by molar-refractivity contribution is 6.02. The first kappa shape index (κ1) is 22.3. The Bertz CT molecular complexity index is 1240. The Morgan fingerprint density at radius 3 is 2.61 bits per heavy atom. The summed E-state index contributed by atoms with van der Waals surface area (Å²) in [7, 11) is 0. The number of anilines is 1. The third kappa shape index (κ3) is 5.85. The average Bonchev–Trinajstić information content (AvgIpc) is 3.42.